The number of ether oxygens (including phenoxy) is 1. The molecule has 0 unspecified atom stereocenters. The van der Waals surface area contributed by atoms with Crippen molar-refractivity contribution in [3.63, 3.8) is 0 Å². The summed E-state index contributed by atoms with van der Waals surface area (Å²) in [6.45, 7) is 1.86. The predicted molar refractivity (Wildman–Crippen MR) is 68.1 cm³/mol. The summed E-state index contributed by atoms with van der Waals surface area (Å²) < 4.78 is 12.0. The van der Waals surface area contributed by atoms with Gasteiger partial charge in [0.05, 0.1) is 18.5 Å². The van der Waals surface area contributed by atoms with Crippen LogP contribution in [-0.4, -0.2) is 27.0 Å². The first kappa shape index (κ1) is 11.5. The molecular formula is C13H12N4O2. The van der Waals surface area contributed by atoms with Gasteiger partial charge < -0.3 is 9.26 Å². The first-order valence-electron chi connectivity index (χ1n) is 5.76. The van der Waals surface area contributed by atoms with E-state index < -0.39 is 0 Å². The van der Waals surface area contributed by atoms with Crippen molar-refractivity contribution in [1.29, 1.82) is 0 Å². The van der Waals surface area contributed by atoms with Gasteiger partial charge in [-0.05, 0) is 31.2 Å². The van der Waals surface area contributed by atoms with Crippen LogP contribution in [0.3, 0.4) is 0 Å². The summed E-state index contributed by atoms with van der Waals surface area (Å²) in [5, 5.41) is 8.06. The molecule has 0 aliphatic heterocycles. The predicted octanol–water partition coefficient (Wildman–Crippen LogP) is 2.24. The van der Waals surface area contributed by atoms with Crippen LogP contribution in [0.25, 0.3) is 17.3 Å². The second-order valence-electron chi connectivity index (χ2n) is 4.03. The van der Waals surface area contributed by atoms with Crippen LogP contribution in [0.2, 0.25) is 0 Å². The Labute approximate surface area is 109 Å². The van der Waals surface area contributed by atoms with E-state index in [0.29, 0.717) is 11.6 Å². The summed E-state index contributed by atoms with van der Waals surface area (Å²) in [4.78, 5) is 4.21. The number of hydrogen-bond donors (Lipinski definition) is 0. The number of nitrogens with zero attached hydrogens (tertiary/aromatic N) is 4. The summed E-state index contributed by atoms with van der Waals surface area (Å²) in [6.07, 6.45) is 1.48. The topological polar surface area (TPSA) is 66.0 Å². The van der Waals surface area contributed by atoms with Crippen LogP contribution < -0.4 is 4.74 Å². The fourth-order valence-electron chi connectivity index (χ4n) is 1.79. The molecule has 0 saturated carbocycles. The second kappa shape index (κ2) is 4.56. The van der Waals surface area contributed by atoms with Crippen molar-refractivity contribution in [1.82, 2.24) is 19.9 Å². The molecule has 3 rings (SSSR count). The summed E-state index contributed by atoms with van der Waals surface area (Å²) in [6, 6.07) is 9.36. The number of rotatable bonds is 3. The summed E-state index contributed by atoms with van der Waals surface area (Å²) >= 11 is 0. The molecule has 3 aromatic rings. The van der Waals surface area contributed by atoms with Crippen LogP contribution in [0.15, 0.2) is 41.2 Å². The molecule has 0 amide bonds. The Kier molecular flexibility index (Phi) is 2.75. The van der Waals surface area contributed by atoms with Gasteiger partial charge in [0.2, 0.25) is 11.6 Å². The third-order valence-corrected chi connectivity index (χ3v) is 2.71. The Morgan fingerprint density at radius 1 is 1.21 bits per heavy atom. The highest BCUT2D eigenvalue weighted by Crippen LogP contribution is 2.22. The molecule has 2 heterocycles. The van der Waals surface area contributed by atoms with E-state index in [1.807, 2.05) is 37.3 Å². The molecule has 0 atom stereocenters. The third kappa shape index (κ3) is 2.08. The second-order valence-corrected chi connectivity index (χ2v) is 4.03. The van der Waals surface area contributed by atoms with Gasteiger partial charge in [-0.15, -0.1) is 0 Å². The molecular weight excluding hydrogens is 244 g/mol. The molecule has 96 valence electrons. The number of methoxy groups -OCH3 is 1. The van der Waals surface area contributed by atoms with E-state index in [1.165, 1.54) is 6.33 Å². The maximum atomic E-state index is 5.22. The van der Waals surface area contributed by atoms with Crippen molar-refractivity contribution >= 4 is 0 Å². The lowest BCUT2D eigenvalue weighted by atomic mass is 10.3. The number of aromatic nitrogens is 4. The van der Waals surface area contributed by atoms with E-state index in [0.717, 1.165) is 17.1 Å². The minimum absolute atomic E-state index is 0.589. The fraction of sp³-hybridized carbons (Fsp3) is 0.154. The minimum atomic E-state index is 0.589. The highest BCUT2D eigenvalue weighted by Gasteiger charge is 2.13. The largest absolute Gasteiger partial charge is 0.497 e. The number of benzene rings is 1. The van der Waals surface area contributed by atoms with Gasteiger partial charge in [0.15, 0.2) is 0 Å². The van der Waals surface area contributed by atoms with E-state index in [4.69, 9.17) is 9.26 Å². The Morgan fingerprint density at radius 3 is 2.63 bits per heavy atom. The van der Waals surface area contributed by atoms with Crippen molar-refractivity contribution in [2.24, 2.45) is 0 Å². The van der Waals surface area contributed by atoms with Crippen LogP contribution in [0.4, 0.5) is 0 Å². The molecule has 0 saturated heterocycles. The van der Waals surface area contributed by atoms with Crippen molar-refractivity contribution < 1.29 is 9.26 Å². The molecule has 19 heavy (non-hydrogen) atoms. The molecule has 0 spiro atoms. The van der Waals surface area contributed by atoms with Gasteiger partial charge in [-0.1, -0.05) is 5.16 Å². The maximum Gasteiger partial charge on any atom is 0.204 e. The van der Waals surface area contributed by atoms with Gasteiger partial charge in [-0.2, -0.15) is 5.10 Å². The molecule has 0 fully saturated rings. The highest BCUT2D eigenvalue weighted by atomic mass is 16.5. The van der Waals surface area contributed by atoms with Crippen LogP contribution >= 0.6 is 0 Å². The van der Waals surface area contributed by atoms with Gasteiger partial charge in [-0.3, -0.25) is 0 Å². The molecule has 6 nitrogen and oxygen atoms in total. The normalized spacial score (nSPS) is 10.6. The fourth-order valence-corrected chi connectivity index (χ4v) is 1.79. The molecule has 0 radical (unpaired) electrons. The Balaban J connectivity index is 2.03. The van der Waals surface area contributed by atoms with Gasteiger partial charge >= 0.3 is 0 Å². The lowest BCUT2D eigenvalue weighted by molar-refractivity contribution is 0.414. The lowest BCUT2D eigenvalue weighted by Crippen LogP contribution is -1.99. The molecule has 0 aliphatic carbocycles. The summed E-state index contributed by atoms with van der Waals surface area (Å²) in [5.74, 6) is 2.00. The average Bonchev–Trinajstić information content (AvgIpc) is 3.07. The Hall–Kier alpha value is -2.63. The molecule has 6 heteroatoms. The van der Waals surface area contributed by atoms with Gasteiger partial charge in [0.25, 0.3) is 0 Å². The van der Waals surface area contributed by atoms with Gasteiger partial charge in [0, 0.05) is 6.07 Å². The molecule has 0 bridgehead atoms. The SMILES string of the molecule is COc1ccc(-n2ncnc2-c2cc(C)no2)cc1. The van der Waals surface area contributed by atoms with Crippen LogP contribution in [0.5, 0.6) is 5.75 Å². The molecule has 0 aliphatic rings. The highest BCUT2D eigenvalue weighted by molar-refractivity contribution is 5.51. The van der Waals surface area contributed by atoms with E-state index in [2.05, 4.69) is 15.2 Å². The monoisotopic (exact) mass is 256 g/mol. The average molecular weight is 256 g/mol. The number of aryl methyl sites for hydroxylation is 1. The van der Waals surface area contributed by atoms with Crippen molar-refractivity contribution in [2.45, 2.75) is 6.92 Å². The van der Waals surface area contributed by atoms with Crippen molar-refractivity contribution in [3.05, 3.63) is 42.4 Å². The third-order valence-electron chi connectivity index (χ3n) is 2.71. The lowest BCUT2D eigenvalue weighted by Gasteiger charge is -2.04. The zero-order valence-electron chi connectivity index (χ0n) is 10.6. The maximum absolute atomic E-state index is 5.22. The first-order chi connectivity index (χ1) is 9.28. The summed E-state index contributed by atoms with van der Waals surface area (Å²) in [5.41, 5.74) is 1.68. The van der Waals surface area contributed by atoms with Crippen molar-refractivity contribution in [2.75, 3.05) is 7.11 Å². The molecule has 0 N–H and O–H groups in total. The Morgan fingerprint density at radius 2 is 2.00 bits per heavy atom. The molecule has 2 aromatic heterocycles. The standard InChI is InChI=1S/C13H12N4O2/c1-9-7-12(19-16-9)13-14-8-15-17(13)10-3-5-11(18-2)6-4-10/h3-8H,1-2H3. The van der Waals surface area contributed by atoms with Crippen LogP contribution in [0, 0.1) is 6.92 Å². The van der Waals surface area contributed by atoms with E-state index >= 15 is 0 Å². The Bertz CT molecular complexity index is 685. The zero-order valence-corrected chi connectivity index (χ0v) is 10.6. The minimum Gasteiger partial charge on any atom is -0.497 e. The van der Waals surface area contributed by atoms with Crippen LogP contribution in [-0.2, 0) is 0 Å². The van der Waals surface area contributed by atoms with E-state index in [1.54, 1.807) is 11.8 Å². The smallest absolute Gasteiger partial charge is 0.204 e. The zero-order chi connectivity index (χ0) is 13.2. The van der Waals surface area contributed by atoms with Gasteiger partial charge in [-0.25, -0.2) is 9.67 Å². The van der Waals surface area contributed by atoms with E-state index in [9.17, 15) is 0 Å². The van der Waals surface area contributed by atoms with Crippen LogP contribution in [0.1, 0.15) is 5.69 Å². The summed E-state index contributed by atoms with van der Waals surface area (Å²) in [7, 11) is 1.63. The van der Waals surface area contributed by atoms with Gasteiger partial charge in [0.1, 0.15) is 12.1 Å². The number of hydrogen-bond acceptors (Lipinski definition) is 5. The first-order valence-corrected chi connectivity index (χ1v) is 5.76. The molecule has 1 aromatic carbocycles. The quantitative estimate of drug-likeness (QED) is 0.719. The van der Waals surface area contributed by atoms with Crippen molar-refractivity contribution in [3.8, 4) is 23.0 Å². The van der Waals surface area contributed by atoms with E-state index in [-0.39, 0.29) is 0 Å².